The Balaban J connectivity index is 1.74. The van der Waals surface area contributed by atoms with Gasteiger partial charge in [0.25, 0.3) is 0 Å². The SMILES string of the molecule is CC(C)(C)OC(=O)N1CCN(Cc2ccccc2)C[C@H]1C=Cc1ccccn1. The van der Waals surface area contributed by atoms with Crippen LogP contribution in [0.4, 0.5) is 4.79 Å². The number of benzene rings is 1. The van der Waals surface area contributed by atoms with Gasteiger partial charge >= 0.3 is 6.09 Å². The second-order valence-corrected chi connectivity index (χ2v) is 8.08. The number of carbonyl (C=O) groups excluding carboxylic acids is 1. The standard InChI is InChI=1S/C23H29N3O2/c1-23(2,3)28-22(27)26-16-15-25(17-19-9-5-4-6-10-19)18-21(26)13-12-20-11-7-8-14-24-20/h4-14,21H,15-18H2,1-3H3/t21-/m1/s1. The molecule has 3 rings (SSSR count). The van der Waals surface area contributed by atoms with E-state index in [2.05, 4.69) is 40.2 Å². The fourth-order valence-corrected chi connectivity index (χ4v) is 3.25. The first-order valence-corrected chi connectivity index (χ1v) is 9.76. The summed E-state index contributed by atoms with van der Waals surface area (Å²) in [5, 5.41) is 0. The van der Waals surface area contributed by atoms with Crippen molar-refractivity contribution in [2.24, 2.45) is 0 Å². The van der Waals surface area contributed by atoms with Gasteiger partial charge in [-0.2, -0.15) is 0 Å². The summed E-state index contributed by atoms with van der Waals surface area (Å²) >= 11 is 0. The van der Waals surface area contributed by atoms with Crippen molar-refractivity contribution in [2.75, 3.05) is 19.6 Å². The molecule has 28 heavy (non-hydrogen) atoms. The summed E-state index contributed by atoms with van der Waals surface area (Å²) in [5.41, 5.74) is 1.65. The third-order valence-corrected chi connectivity index (χ3v) is 4.56. The zero-order valence-electron chi connectivity index (χ0n) is 16.9. The highest BCUT2D eigenvalue weighted by atomic mass is 16.6. The molecule has 0 bridgehead atoms. The Morgan fingerprint density at radius 2 is 1.89 bits per heavy atom. The van der Waals surface area contributed by atoms with E-state index in [1.54, 1.807) is 6.20 Å². The van der Waals surface area contributed by atoms with E-state index in [1.807, 2.05) is 56.0 Å². The average molecular weight is 380 g/mol. The van der Waals surface area contributed by atoms with Gasteiger partial charge in [0.1, 0.15) is 5.60 Å². The molecule has 2 heterocycles. The second-order valence-electron chi connectivity index (χ2n) is 8.08. The summed E-state index contributed by atoms with van der Waals surface area (Å²) in [6, 6.07) is 16.2. The lowest BCUT2D eigenvalue weighted by Crippen LogP contribution is -2.55. The third-order valence-electron chi connectivity index (χ3n) is 4.56. The Morgan fingerprint density at radius 3 is 2.57 bits per heavy atom. The molecule has 0 N–H and O–H groups in total. The lowest BCUT2D eigenvalue weighted by atomic mass is 10.1. The number of ether oxygens (including phenoxy) is 1. The molecule has 1 aliphatic heterocycles. The van der Waals surface area contributed by atoms with Gasteiger partial charge in [0.05, 0.1) is 11.7 Å². The number of hydrogen-bond acceptors (Lipinski definition) is 4. The molecule has 0 unspecified atom stereocenters. The zero-order chi connectivity index (χ0) is 20.0. The van der Waals surface area contributed by atoms with E-state index >= 15 is 0 Å². The van der Waals surface area contributed by atoms with Crippen LogP contribution in [0.1, 0.15) is 32.0 Å². The maximum atomic E-state index is 12.7. The molecule has 1 aromatic carbocycles. The van der Waals surface area contributed by atoms with Crippen molar-refractivity contribution >= 4 is 12.2 Å². The van der Waals surface area contributed by atoms with Crippen molar-refractivity contribution in [1.29, 1.82) is 0 Å². The van der Waals surface area contributed by atoms with Crippen LogP contribution < -0.4 is 0 Å². The zero-order valence-corrected chi connectivity index (χ0v) is 16.9. The van der Waals surface area contributed by atoms with Crippen LogP contribution in [-0.2, 0) is 11.3 Å². The quantitative estimate of drug-likeness (QED) is 0.798. The summed E-state index contributed by atoms with van der Waals surface area (Å²) in [4.78, 5) is 21.3. The Kier molecular flexibility index (Phi) is 6.47. The molecule has 0 spiro atoms. The molecular formula is C23H29N3O2. The van der Waals surface area contributed by atoms with Gasteiger partial charge in [-0.1, -0.05) is 42.5 Å². The first kappa shape index (κ1) is 20.1. The molecule has 5 nitrogen and oxygen atoms in total. The van der Waals surface area contributed by atoms with E-state index in [-0.39, 0.29) is 12.1 Å². The summed E-state index contributed by atoms with van der Waals surface area (Å²) in [7, 11) is 0. The highest BCUT2D eigenvalue weighted by Crippen LogP contribution is 2.19. The Hall–Kier alpha value is -2.66. The van der Waals surface area contributed by atoms with Gasteiger partial charge in [0.2, 0.25) is 0 Å². The lowest BCUT2D eigenvalue weighted by molar-refractivity contribution is 0.00470. The molecule has 1 saturated heterocycles. The van der Waals surface area contributed by atoms with Crippen molar-refractivity contribution in [3.05, 3.63) is 72.1 Å². The van der Waals surface area contributed by atoms with Crippen LogP contribution in [0.15, 0.2) is 60.8 Å². The van der Waals surface area contributed by atoms with Gasteiger partial charge in [-0.05, 0) is 44.5 Å². The third kappa shape index (κ3) is 5.92. The number of nitrogens with zero attached hydrogens (tertiary/aromatic N) is 3. The van der Waals surface area contributed by atoms with E-state index in [1.165, 1.54) is 5.56 Å². The Bertz CT molecular complexity index is 784. The molecule has 5 heteroatoms. The van der Waals surface area contributed by atoms with Crippen LogP contribution in [-0.4, -0.2) is 52.2 Å². The minimum absolute atomic E-state index is 0.0608. The van der Waals surface area contributed by atoms with Gasteiger partial charge in [-0.25, -0.2) is 4.79 Å². The van der Waals surface area contributed by atoms with Crippen LogP contribution in [0.3, 0.4) is 0 Å². The smallest absolute Gasteiger partial charge is 0.410 e. The predicted molar refractivity (Wildman–Crippen MR) is 112 cm³/mol. The number of amides is 1. The highest BCUT2D eigenvalue weighted by molar-refractivity contribution is 5.69. The maximum Gasteiger partial charge on any atom is 0.410 e. The van der Waals surface area contributed by atoms with Crippen molar-refractivity contribution in [3.8, 4) is 0 Å². The van der Waals surface area contributed by atoms with Gasteiger partial charge in [0, 0.05) is 32.4 Å². The van der Waals surface area contributed by atoms with Crippen molar-refractivity contribution < 1.29 is 9.53 Å². The molecule has 0 saturated carbocycles. The van der Waals surface area contributed by atoms with E-state index in [0.717, 1.165) is 25.3 Å². The number of carbonyl (C=O) groups is 1. The van der Waals surface area contributed by atoms with E-state index in [9.17, 15) is 4.79 Å². The first-order valence-electron chi connectivity index (χ1n) is 9.76. The van der Waals surface area contributed by atoms with Crippen LogP contribution in [0, 0.1) is 0 Å². The van der Waals surface area contributed by atoms with Crippen molar-refractivity contribution in [3.63, 3.8) is 0 Å². The van der Waals surface area contributed by atoms with Crippen LogP contribution in [0.2, 0.25) is 0 Å². The maximum absolute atomic E-state index is 12.7. The molecular weight excluding hydrogens is 350 g/mol. The van der Waals surface area contributed by atoms with Crippen LogP contribution in [0.5, 0.6) is 0 Å². The van der Waals surface area contributed by atoms with Gasteiger partial charge in [0.15, 0.2) is 0 Å². The van der Waals surface area contributed by atoms with Gasteiger partial charge in [-0.3, -0.25) is 14.8 Å². The number of hydrogen-bond donors (Lipinski definition) is 0. The van der Waals surface area contributed by atoms with E-state index in [0.29, 0.717) is 6.54 Å². The van der Waals surface area contributed by atoms with E-state index < -0.39 is 5.60 Å². The summed E-state index contributed by atoms with van der Waals surface area (Å²) in [5.74, 6) is 0. The highest BCUT2D eigenvalue weighted by Gasteiger charge is 2.32. The number of rotatable bonds is 4. The number of piperazine rings is 1. The molecule has 1 fully saturated rings. The normalized spacial score (nSPS) is 18.4. The molecule has 1 amide bonds. The molecule has 148 valence electrons. The fourth-order valence-electron chi connectivity index (χ4n) is 3.25. The Labute approximate surface area is 167 Å². The molecule has 0 aliphatic carbocycles. The molecule has 1 atom stereocenters. The molecule has 1 aromatic heterocycles. The van der Waals surface area contributed by atoms with E-state index in [4.69, 9.17) is 4.74 Å². The summed E-state index contributed by atoms with van der Waals surface area (Å²) in [6.45, 7) is 8.79. The fraction of sp³-hybridized carbons (Fsp3) is 0.391. The van der Waals surface area contributed by atoms with Crippen molar-refractivity contribution in [1.82, 2.24) is 14.8 Å². The monoisotopic (exact) mass is 379 g/mol. The minimum atomic E-state index is -0.506. The first-order chi connectivity index (χ1) is 13.4. The van der Waals surface area contributed by atoms with Gasteiger partial charge in [-0.15, -0.1) is 0 Å². The predicted octanol–water partition coefficient (Wildman–Crippen LogP) is 4.22. The topological polar surface area (TPSA) is 45.7 Å². The summed E-state index contributed by atoms with van der Waals surface area (Å²) in [6.07, 6.45) is 5.55. The number of pyridine rings is 1. The molecule has 2 aromatic rings. The second kappa shape index (κ2) is 9.02. The van der Waals surface area contributed by atoms with Gasteiger partial charge < -0.3 is 4.74 Å². The summed E-state index contributed by atoms with van der Waals surface area (Å²) < 4.78 is 5.63. The van der Waals surface area contributed by atoms with Crippen molar-refractivity contribution in [2.45, 2.75) is 39.0 Å². The molecule has 1 aliphatic rings. The number of aromatic nitrogens is 1. The molecule has 0 radical (unpaired) electrons. The van der Waals surface area contributed by atoms with Crippen LogP contribution in [0.25, 0.3) is 6.08 Å². The Morgan fingerprint density at radius 1 is 1.14 bits per heavy atom. The minimum Gasteiger partial charge on any atom is -0.444 e. The largest absolute Gasteiger partial charge is 0.444 e. The average Bonchev–Trinajstić information content (AvgIpc) is 2.67. The lowest BCUT2D eigenvalue weighted by Gasteiger charge is -2.40. The van der Waals surface area contributed by atoms with Crippen LogP contribution >= 0.6 is 0 Å².